The second kappa shape index (κ2) is 8.57. The van der Waals surface area contributed by atoms with Crippen LogP contribution in [0.15, 0.2) is 48.5 Å². The van der Waals surface area contributed by atoms with E-state index in [1.165, 1.54) is 0 Å². The molecular formula is C22H23N3O3. The van der Waals surface area contributed by atoms with Gasteiger partial charge in [-0.05, 0) is 43.7 Å². The Kier molecular flexibility index (Phi) is 5.95. The number of anilines is 1. The minimum absolute atomic E-state index is 0.00958. The minimum Gasteiger partial charge on any atom is -0.482 e. The van der Waals surface area contributed by atoms with E-state index in [-0.39, 0.29) is 30.9 Å². The first-order valence-electron chi connectivity index (χ1n) is 9.37. The maximum Gasteiger partial charge on any atom is 0.265 e. The first-order valence-corrected chi connectivity index (χ1v) is 9.37. The maximum atomic E-state index is 12.9. The van der Waals surface area contributed by atoms with Gasteiger partial charge in [-0.2, -0.15) is 5.26 Å². The van der Waals surface area contributed by atoms with Crippen molar-refractivity contribution in [1.29, 1.82) is 5.26 Å². The van der Waals surface area contributed by atoms with Gasteiger partial charge in [-0.3, -0.25) is 9.59 Å². The third-order valence-electron chi connectivity index (χ3n) is 5.01. The number of fused-ring (bicyclic) bond motifs is 1. The molecule has 2 aromatic carbocycles. The number of carbonyl (C=O) groups is 2. The molecule has 1 heterocycles. The topological polar surface area (TPSA) is 73.6 Å². The van der Waals surface area contributed by atoms with E-state index < -0.39 is 0 Å². The van der Waals surface area contributed by atoms with Gasteiger partial charge in [0.2, 0.25) is 5.91 Å². The average Bonchev–Trinajstić information content (AvgIpc) is 2.73. The molecule has 0 aliphatic carbocycles. The van der Waals surface area contributed by atoms with Crippen LogP contribution in [-0.2, 0) is 9.59 Å². The first-order chi connectivity index (χ1) is 13.5. The van der Waals surface area contributed by atoms with Crippen molar-refractivity contribution in [1.82, 2.24) is 4.90 Å². The second-order valence-electron chi connectivity index (χ2n) is 6.64. The Morgan fingerprint density at radius 1 is 1.25 bits per heavy atom. The zero-order valence-corrected chi connectivity index (χ0v) is 16.1. The zero-order valence-electron chi connectivity index (χ0n) is 16.1. The molecular weight excluding hydrogens is 354 g/mol. The Labute approximate surface area is 164 Å². The number of nitriles is 1. The van der Waals surface area contributed by atoms with Crippen LogP contribution in [0, 0.1) is 11.3 Å². The van der Waals surface area contributed by atoms with Crippen molar-refractivity contribution in [3.8, 4) is 11.8 Å². The Hall–Kier alpha value is -3.33. The number of ether oxygens (including phenoxy) is 1. The molecule has 144 valence electrons. The summed E-state index contributed by atoms with van der Waals surface area (Å²) in [6.07, 6.45) is 0.231. The number of benzene rings is 2. The molecule has 28 heavy (non-hydrogen) atoms. The molecule has 6 nitrogen and oxygen atoms in total. The van der Waals surface area contributed by atoms with Gasteiger partial charge in [0.15, 0.2) is 6.61 Å². The van der Waals surface area contributed by atoms with Crippen molar-refractivity contribution in [2.75, 3.05) is 24.6 Å². The summed E-state index contributed by atoms with van der Waals surface area (Å²) in [4.78, 5) is 28.6. The Morgan fingerprint density at radius 2 is 1.96 bits per heavy atom. The molecule has 1 aliphatic rings. The second-order valence-corrected chi connectivity index (χ2v) is 6.64. The highest BCUT2D eigenvalue weighted by atomic mass is 16.5. The lowest BCUT2D eigenvalue weighted by atomic mass is 10.0. The predicted octanol–water partition coefficient (Wildman–Crippen LogP) is 3.28. The molecule has 1 unspecified atom stereocenters. The highest BCUT2D eigenvalue weighted by molar-refractivity contribution is 5.98. The fourth-order valence-corrected chi connectivity index (χ4v) is 3.43. The van der Waals surface area contributed by atoms with E-state index in [9.17, 15) is 9.59 Å². The molecule has 0 radical (unpaired) electrons. The van der Waals surface area contributed by atoms with Crippen LogP contribution in [-0.4, -0.2) is 36.4 Å². The van der Waals surface area contributed by atoms with E-state index in [0.717, 1.165) is 5.56 Å². The average molecular weight is 377 g/mol. The summed E-state index contributed by atoms with van der Waals surface area (Å²) in [7, 11) is 0. The molecule has 1 aliphatic heterocycles. The molecule has 1 atom stereocenters. The van der Waals surface area contributed by atoms with Crippen molar-refractivity contribution in [2.45, 2.75) is 26.3 Å². The van der Waals surface area contributed by atoms with Crippen molar-refractivity contribution in [2.24, 2.45) is 0 Å². The van der Waals surface area contributed by atoms with E-state index in [2.05, 4.69) is 6.07 Å². The van der Waals surface area contributed by atoms with Gasteiger partial charge in [-0.1, -0.05) is 24.3 Å². The standard InChI is InChI=1S/C22H23N3O3/c1-3-24(16(2)18-10-8-17(14-23)9-11-18)21(26)12-13-25-19-6-4-5-7-20(19)28-15-22(25)27/h4-11,16H,3,12-13,15H2,1-2H3. The van der Waals surface area contributed by atoms with Gasteiger partial charge in [-0.15, -0.1) is 0 Å². The lowest BCUT2D eigenvalue weighted by Crippen LogP contribution is -2.42. The van der Waals surface area contributed by atoms with Gasteiger partial charge in [0.05, 0.1) is 23.4 Å². The summed E-state index contributed by atoms with van der Waals surface area (Å²) >= 11 is 0. The maximum absolute atomic E-state index is 12.9. The zero-order chi connectivity index (χ0) is 20.1. The molecule has 0 aromatic heterocycles. The number of amides is 2. The van der Waals surface area contributed by atoms with Crippen molar-refractivity contribution >= 4 is 17.5 Å². The fourth-order valence-electron chi connectivity index (χ4n) is 3.43. The van der Waals surface area contributed by atoms with E-state index in [0.29, 0.717) is 30.1 Å². The number of hydrogen-bond donors (Lipinski definition) is 0. The smallest absolute Gasteiger partial charge is 0.265 e. The van der Waals surface area contributed by atoms with Crippen molar-refractivity contribution in [3.05, 3.63) is 59.7 Å². The van der Waals surface area contributed by atoms with Crippen LogP contribution >= 0.6 is 0 Å². The molecule has 2 amide bonds. The number of rotatable bonds is 6. The van der Waals surface area contributed by atoms with Gasteiger partial charge >= 0.3 is 0 Å². The monoisotopic (exact) mass is 377 g/mol. The van der Waals surface area contributed by atoms with Crippen LogP contribution < -0.4 is 9.64 Å². The van der Waals surface area contributed by atoms with Gasteiger partial charge in [0, 0.05) is 19.5 Å². The van der Waals surface area contributed by atoms with Crippen LogP contribution in [0.3, 0.4) is 0 Å². The first kappa shape index (κ1) is 19.4. The Bertz CT molecular complexity index is 902. The Morgan fingerprint density at radius 3 is 2.64 bits per heavy atom. The molecule has 0 spiro atoms. The van der Waals surface area contributed by atoms with Gasteiger partial charge in [0.25, 0.3) is 5.91 Å². The largest absolute Gasteiger partial charge is 0.482 e. The van der Waals surface area contributed by atoms with E-state index in [4.69, 9.17) is 10.00 Å². The lowest BCUT2D eigenvalue weighted by molar-refractivity contribution is -0.133. The molecule has 0 saturated heterocycles. The summed E-state index contributed by atoms with van der Waals surface area (Å²) in [6, 6.07) is 16.6. The van der Waals surface area contributed by atoms with E-state index in [1.54, 1.807) is 21.9 Å². The molecule has 6 heteroatoms. The highest BCUT2D eigenvalue weighted by Gasteiger charge is 2.27. The van der Waals surface area contributed by atoms with Crippen molar-refractivity contribution in [3.63, 3.8) is 0 Å². The van der Waals surface area contributed by atoms with Crippen LogP contribution in [0.25, 0.3) is 0 Å². The predicted molar refractivity (Wildman–Crippen MR) is 106 cm³/mol. The quantitative estimate of drug-likeness (QED) is 0.774. The van der Waals surface area contributed by atoms with Crippen molar-refractivity contribution < 1.29 is 14.3 Å². The number of nitrogens with zero attached hydrogens (tertiary/aromatic N) is 3. The Balaban J connectivity index is 1.69. The molecule has 2 aromatic rings. The van der Waals surface area contributed by atoms with Gasteiger partial charge < -0.3 is 14.5 Å². The summed E-state index contributed by atoms with van der Waals surface area (Å²) in [5, 5.41) is 8.94. The fraction of sp³-hybridized carbons (Fsp3) is 0.318. The number of carbonyl (C=O) groups excluding carboxylic acids is 2. The van der Waals surface area contributed by atoms with Crippen LogP contribution in [0.5, 0.6) is 5.75 Å². The lowest BCUT2D eigenvalue weighted by Gasteiger charge is -2.32. The van der Waals surface area contributed by atoms with Crippen LogP contribution in [0.2, 0.25) is 0 Å². The third kappa shape index (κ3) is 3.99. The SMILES string of the molecule is CCN(C(=O)CCN1C(=O)COc2ccccc21)C(C)c1ccc(C#N)cc1. The minimum atomic E-state index is -0.144. The van der Waals surface area contributed by atoms with Crippen LogP contribution in [0.4, 0.5) is 5.69 Å². The summed E-state index contributed by atoms with van der Waals surface area (Å²) in [5.41, 5.74) is 2.27. The molecule has 0 fully saturated rings. The van der Waals surface area contributed by atoms with Crippen LogP contribution in [0.1, 0.15) is 37.4 Å². The third-order valence-corrected chi connectivity index (χ3v) is 5.01. The summed E-state index contributed by atoms with van der Waals surface area (Å²) in [6.45, 7) is 4.78. The van der Waals surface area contributed by atoms with E-state index in [1.807, 2.05) is 50.2 Å². The molecule has 3 rings (SSSR count). The summed E-state index contributed by atoms with van der Waals surface area (Å²) in [5.74, 6) is 0.499. The normalized spacial score (nSPS) is 13.9. The van der Waals surface area contributed by atoms with Gasteiger partial charge in [-0.25, -0.2) is 0 Å². The van der Waals surface area contributed by atoms with E-state index >= 15 is 0 Å². The number of para-hydroxylation sites is 2. The molecule has 0 bridgehead atoms. The molecule has 0 saturated carbocycles. The summed E-state index contributed by atoms with van der Waals surface area (Å²) < 4.78 is 5.45. The number of hydrogen-bond acceptors (Lipinski definition) is 4. The highest BCUT2D eigenvalue weighted by Crippen LogP contribution is 2.31. The van der Waals surface area contributed by atoms with Gasteiger partial charge in [0.1, 0.15) is 5.75 Å². The molecule has 0 N–H and O–H groups in total.